The summed E-state index contributed by atoms with van der Waals surface area (Å²) in [7, 11) is -2.31. The van der Waals surface area contributed by atoms with E-state index in [9.17, 15) is 13.2 Å². The van der Waals surface area contributed by atoms with Crippen LogP contribution in [0.25, 0.3) is 0 Å². The number of amides is 1. The molecular formula is C16H17ClN2O3S2. The highest BCUT2D eigenvalue weighted by Crippen LogP contribution is 2.32. The molecule has 2 aromatic rings. The third kappa shape index (κ3) is 3.09. The molecule has 0 aliphatic carbocycles. The van der Waals surface area contributed by atoms with Gasteiger partial charge in [-0.2, -0.15) is 4.31 Å². The summed E-state index contributed by atoms with van der Waals surface area (Å²) >= 11 is 6.80. The van der Waals surface area contributed by atoms with Crippen LogP contribution in [0.5, 0.6) is 0 Å². The SMILES string of the molecule is C[C@H]1Cc2ccccc2N1C(=O)CN(C)S(=O)(=O)c1ccc(Cl)s1. The number of sulfonamides is 1. The van der Waals surface area contributed by atoms with Gasteiger partial charge in [0.2, 0.25) is 5.91 Å². The van der Waals surface area contributed by atoms with Gasteiger partial charge in [-0.05, 0) is 37.1 Å². The van der Waals surface area contributed by atoms with Crippen molar-refractivity contribution in [2.24, 2.45) is 0 Å². The van der Waals surface area contributed by atoms with Crippen molar-refractivity contribution in [2.45, 2.75) is 23.6 Å². The minimum absolute atomic E-state index is 0.0159. The van der Waals surface area contributed by atoms with Crippen LogP contribution in [0.1, 0.15) is 12.5 Å². The van der Waals surface area contributed by atoms with Gasteiger partial charge in [-0.3, -0.25) is 4.79 Å². The minimum Gasteiger partial charge on any atom is -0.308 e. The van der Waals surface area contributed by atoms with Gasteiger partial charge in [-0.15, -0.1) is 11.3 Å². The van der Waals surface area contributed by atoms with Crippen LogP contribution in [-0.4, -0.2) is 38.3 Å². The number of hydrogen-bond donors (Lipinski definition) is 0. The molecule has 1 aliphatic rings. The van der Waals surface area contributed by atoms with E-state index in [1.54, 1.807) is 4.90 Å². The first-order chi connectivity index (χ1) is 11.3. The molecule has 0 spiro atoms. The number of likely N-dealkylation sites (N-methyl/N-ethyl adjacent to an activating group) is 1. The number of halogens is 1. The summed E-state index contributed by atoms with van der Waals surface area (Å²) < 4.78 is 26.7. The number of fused-ring (bicyclic) bond motifs is 1. The van der Waals surface area contributed by atoms with Crippen molar-refractivity contribution in [1.29, 1.82) is 0 Å². The molecule has 0 saturated carbocycles. The van der Waals surface area contributed by atoms with E-state index in [2.05, 4.69) is 0 Å². The molecule has 1 aliphatic heterocycles. The molecular weight excluding hydrogens is 368 g/mol. The van der Waals surface area contributed by atoms with Gasteiger partial charge in [0, 0.05) is 18.8 Å². The fourth-order valence-electron chi connectivity index (χ4n) is 2.89. The van der Waals surface area contributed by atoms with Gasteiger partial charge in [0.05, 0.1) is 10.9 Å². The monoisotopic (exact) mass is 384 g/mol. The highest BCUT2D eigenvalue weighted by molar-refractivity contribution is 7.91. The second-order valence-electron chi connectivity index (χ2n) is 5.77. The first-order valence-corrected chi connectivity index (χ1v) is 10.1. The highest BCUT2D eigenvalue weighted by Gasteiger charge is 2.33. The van der Waals surface area contributed by atoms with Gasteiger partial charge in [0.1, 0.15) is 4.21 Å². The Morgan fingerprint density at radius 1 is 1.33 bits per heavy atom. The second-order valence-corrected chi connectivity index (χ2v) is 9.75. The molecule has 3 rings (SSSR count). The maximum atomic E-state index is 12.7. The normalized spacial score (nSPS) is 17.3. The lowest BCUT2D eigenvalue weighted by atomic mass is 10.1. The van der Waals surface area contributed by atoms with Crippen molar-refractivity contribution in [1.82, 2.24) is 4.31 Å². The van der Waals surface area contributed by atoms with E-state index in [0.717, 1.165) is 33.3 Å². The summed E-state index contributed by atoms with van der Waals surface area (Å²) in [5.41, 5.74) is 1.97. The molecule has 1 aromatic carbocycles. The summed E-state index contributed by atoms with van der Waals surface area (Å²) in [5, 5.41) is 0. The standard InChI is InChI=1S/C16H17ClN2O3S2/c1-11-9-12-5-3-4-6-13(12)19(11)15(20)10-18(2)24(21,22)16-8-7-14(17)23-16/h3-8,11H,9-10H2,1-2H3/t11-/m0/s1. The lowest BCUT2D eigenvalue weighted by Crippen LogP contribution is -2.43. The van der Waals surface area contributed by atoms with Crippen LogP contribution in [0.4, 0.5) is 5.69 Å². The van der Waals surface area contributed by atoms with E-state index in [-0.39, 0.29) is 22.7 Å². The highest BCUT2D eigenvalue weighted by atomic mass is 35.5. The number of carbonyl (C=O) groups is 1. The van der Waals surface area contributed by atoms with Crippen LogP contribution in [0.15, 0.2) is 40.6 Å². The minimum atomic E-state index is -3.72. The fraction of sp³-hybridized carbons (Fsp3) is 0.312. The number of para-hydroxylation sites is 1. The maximum absolute atomic E-state index is 12.7. The number of carbonyl (C=O) groups excluding carboxylic acids is 1. The molecule has 0 unspecified atom stereocenters. The van der Waals surface area contributed by atoms with E-state index in [0.29, 0.717) is 4.34 Å². The number of nitrogens with zero attached hydrogens (tertiary/aromatic N) is 2. The summed E-state index contributed by atoms with van der Waals surface area (Å²) in [5.74, 6) is -0.235. The Kier molecular flexibility index (Phi) is 4.70. The summed E-state index contributed by atoms with van der Waals surface area (Å²) in [6, 6.07) is 10.7. The van der Waals surface area contributed by atoms with E-state index in [1.165, 1.54) is 19.2 Å². The molecule has 0 N–H and O–H groups in total. The second kappa shape index (κ2) is 6.48. The molecule has 1 aromatic heterocycles. The Hall–Kier alpha value is -1.41. The predicted molar refractivity (Wildman–Crippen MR) is 96.2 cm³/mol. The number of thiophene rings is 1. The van der Waals surface area contributed by atoms with Crippen LogP contribution in [-0.2, 0) is 21.2 Å². The molecule has 5 nitrogen and oxygen atoms in total. The maximum Gasteiger partial charge on any atom is 0.252 e. The van der Waals surface area contributed by atoms with E-state index in [1.807, 2.05) is 31.2 Å². The fourth-order valence-corrected chi connectivity index (χ4v) is 5.70. The third-order valence-electron chi connectivity index (χ3n) is 4.05. The molecule has 1 atom stereocenters. The quantitative estimate of drug-likeness (QED) is 0.814. The van der Waals surface area contributed by atoms with E-state index >= 15 is 0 Å². The smallest absolute Gasteiger partial charge is 0.252 e. The van der Waals surface area contributed by atoms with Gasteiger partial charge < -0.3 is 4.90 Å². The summed E-state index contributed by atoms with van der Waals surface area (Å²) in [4.78, 5) is 14.4. The first-order valence-electron chi connectivity index (χ1n) is 7.42. The van der Waals surface area contributed by atoms with Gasteiger partial charge in [0.15, 0.2) is 0 Å². The number of benzene rings is 1. The van der Waals surface area contributed by atoms with Crippen LogP contribution in [0.3, 0.4) is 0 Å². The Labute approximate surface area is 150 Å². The Morgan fingerprint density at radius 3 is 2.71 bits per heavy atom. The van der Waals surface area contributed by atoms with Gasteiger partial charge in [0.25, 0.3) is 10.0 Å². The molecule has 0 bridgehead atoms. The Bertz CT molecular complexity index is 879. The topological polar surface area (TPSA) is 57.7 Å². The molecule has 128 valence electrons. The van der Waals surface area contributed by atoms with E-state index in [4.69, 9.17) is 11.6 Å². The Morgan fingerprint density at radius 2 is 2.04 bits per heavy atom. The lowest BCUT2D eigenvalue weighted by molar-refractivity contribution is -0.118. The zero-order valence-electron chi connectivity index (χ0n) is 13.3. The van der Waals surface area contributed by atoms with Gasteiger partial charge >= 0.3 is 0 Å². The molecule has 2 heterocycles. The lowest BCUT2D eigenvalue weighted by Gasteiger charge is -2.25. The molecule has 0 saturated heterocycles. The molecule has 0 fully saturated rings. The van der Waals surface area contributed by atoms with Crippen LogP contribution >= 0.6 is 22.9 Å². The third-order valence-corrected chi connectivity index (χ3v) is 7.55. The van der Waals surface area contributed by atoms with Crippen LogP contribution < -0.4 is 4.90 Å². The summed E-state index contributed by atoms with van der Waals surface area (Å²) in [6.45, 7) is 1.75. The molecule has 24 heavy (non-hydrogen) atoms. The largest absolute Gasteiger partial charge is 0.308 e. The zero-order valence-corrected chi connectivity index (χ0v) is 15.7. The summed E-state index contributed by atoms with van der Waals surface area (Å²) in [6.07, 6.45) is 0.777. The first kappa shape index (κ1) is 17.4. The number of anilines is 1. The van der Waals surface area contributed by atoms with Crippen LogP contribution in [0.2, 0.25) is 4.34 Å². The molecule has 1 amide bonds. The van der Waals surface area contributed by atoms with Crippen LogP contribution in [0, 0.1) is 0 Å². The van der Waals surface area contributed by atoms with Crippen molar-refractivity contribution in [3.05, 3.63) is 46.3 Å². The average molecular weight is 385 g/mol. The van der Waals surface area contributed by atoms with Crippen molar-refractivity contribution in [2.75, 3.05) is 18.5 Å². The molecule has 8 heteroatoms. The van der Waals surface area contributed by atoms with Crippen molar-refractivity contribution >= 4 is 44.6 Å². The Balaban J connectivity index is 1.80. The number of hydrogen-bond acceptors (Lipinski definition) is 4. The van der Waals surface area contributed by atoms with Crippen molar-refractivity contribution < 1.29 is 13.2 Å². The zero-order chi connectivity index (χ0) is 17.5. The number of rotatable bonds is 4. The molecule has 0 radical (unpaired) electrons. The van der Waals surface area contributed by atoms with Crippen molar-refractivity contribution in [3.8, 4) is 0 Å². The van der Waals surface area contributed by atoms with Gasteiger partial charge in [-0.1, -0.05) is 29.8 Å². The predicted octanol–water partition coefficient (Wildman–Crippen LogP) is 3.00. The van der Waals surface area contributed by atoms with Gasteiger partial charge in [-0.25, -0.2) is 8.42 Å². The van der Waals surface area contributed by atoms with Crippen molar-refractivity contribution in [3.63, 3.8) is 0 Å². The van der Waals surface area contributed by atoms with E-state index < -0.39 is 10.0 Å². The average Bonchev–Trinajstić information content (AvgIpc) is 3.09.